The molecule has 2 aliphatic rings. The van der Waals surface area contributed by atoms with Crippen LogP contribution in [0.2, 0.25) is 0 Å². The predicted octanol–water partition coefficient (Wildman–Crippen LogP) is 18.1. The summed E-state index contributed by atoms with van der Waals surface area (Å²) in [6.45, 7) is 0. The first-order chi connectivity index (χ1) is 33.8. The molecule has 0 radical (unpaired) electrons. The molecule has 0 fully saturated rings. The molecule has 1 spiro atoms. The van der Waals surface area contributed by atoms with Gasteiger partial charge in [0.1, 0.15) is 0 Å². The van der Waals surface area contributed by atoms with Crippen molar-refractivity contribution in [1.82, 2.24) is 0 Å². The van der Waals surface area contributed by atoms with E-state index < -0.39 is 5.41 Å². The lowest BCUT2D eigenvalue weighted by atomic mass is 9.70. The Hall–Kier alpha value is -8.78. The van der Waals surface area contributed by atoms with Gasteiger partial charge in [0.2, 0.25) is 0 Å². The van der Waals surface area contributed by atoms with E-state index >= 15 is 0 Å². The van der Waals surface area contributed by atoms with E-state index in [-0.39, 0.29) is 0 Å². The zero-order valence-electron chi connectivity index (χ0n) is 37.1. The molecule has 0 heterocycles. The fourth-order valence-electron chi connectivity index (χ4n) is 12.7. The first kappa shape index (κ1) is 37.4. The Morgan fingerprint density at radius 2 is 0.618 bits per heavy atom. The molecule has 15 rings (SSSR count). The Labute approximate surface area is 394 Å². The standard InChI is InChI=1S/C67H41N/c1-2-18-48-46(16-1)47-17-4-6-22-52(47)60-40-43(34-38-53(48)60)42-32-35-44(36-33-42)68(65-31-15-27-59-51-20-5-3-19-49(51)50-21-7-8-26-58(50)66(59)65)45-37-39-57-56-25-11-14-30-63(56)67(64(57)41-45)61-28-12-9-23-54(61)55-24-10-13-29-62(55)67/h1-41H. The number of benzene rings is 13. The lowest BCUT2D eigenvalue weighted by Crippen LogP contribution is -2.26. The summed E-state index contributed by atoms with van der Waals surface area (Å²) in [5.41, 5.74) is 15.9. The van der Waals surface area contributed by atoms with Crippen LogP contribution >= 0.6 is 0 Å². The number of hydrogen-bond acceptors (Lipinski definition) is 1. The molecule has 0 bridgehead atoms. The van der Waals surface area contributed by atoms with Crippen LogP contribution in [0.3, 0.4) is 0 Å². The lowest BCUT2D eigenvalue weighted by Gasteiger charge is -2.32. The van der Waals surface area contributed by atoms with E-state index in [2.05, 4.69) is 254 Å². The van der Waals surface area contributed by atoms with Crippen molar-refractivity contribution in [3.8, 4) is 33.4 Å². The van der Waals surface area contributed by atoms with Gasteiger partial charge in [-0.15, -0.1) is 0 Å². The van der Waals surface area contributed by atoms with Gasteiger partial charge in [-0.25, -0.2) is 0 Å². The van der Waals surface area contributed by atoms with Crippen molar-refractivity contribution in [2.45, 2.75) is 5.41 Å². The Balaban J connectivity index is 0.980. The normalized spacial score (nSPS) is 13.1. The maximum atomic E-state index is 2.52. The smallest absolute Gasteiger partial charge is 0.0726 e. The summed E-state index contributed by atoms with van der Waals surface area (Å²) in [5, 5.41) is 15.3. The summed E-state index contributed by atoms with van der Waals surface area (Å²) in [6.07, 6.45) is 0. The van der Waals surface area contributed by atoms with Crippen molar-refractivity contribution in [3.05, 3.63) is 271 Å². The molecule has 1 heteroatoms. The summed E-state index contributed by atoms with van der Waals surface area (Å²) in [7, 11) is 0. The summed E-state index contributed by atoms with van der Waals surface area (Å²) >= 11 is 0. The lowest BCUT2D eigenvalue weighted by molar-refractivity contribution is 0.793. The first-order valence-electron chi connectivity index (χ1n) is 23.8. The van der Waals surface area contributed by atoms with Gasteiger partial charge in [-0.05, 0) is 151 Å². The van der Waals surface area contributed by atoms with E-state index in [1.807, 2.05) is 0 Å². The monoisotopic (exact) mass is 859 g/mol. The highest BCUT2D eigenvalue weighted by Crippen LogP contribution is 2.63. The maximum Gasteiger partial charge on any atom is 0.0726 e. The predicted molar refractivity (Wildman–Crippen MR) is 288 cm³/mol. The third-order valence-corrected chi connectivity index (χ3v) is 15.4. The second-order valence-electron chi connectivity index (χ2n) is 18.6. The molecule has 0 unspecified atom stereocenters. The number of nitrogens with zero attached hydrogens (tertiary/aromatic N) is 1. The van der Waals surface area contributed by atoms with Crippen LogP contribution in [0.25, 0.3) is 98.0 Å². The topological polar surface area (TPSA) is 3.24 Å². The second kappa shape index (κ2) is 14.1. The van der Waals surface area contributed by atoms with Crippen LogP contribution in [0.1, 0.15) is 22.3 Å². The molecule has 0 aromatic heterocycles. The minimum Gasteiger partial charge on any atom is -0.310 e. The fourth-order valence-corrected chi connectivity index (χ4v) is 12.7. The molecule has 0 saturated heterocycles. The molecular formula is C67H41N. The van der Waals surface area contributed by atoms with Crippen molar-refractivity contribution in [2.75, 3.05) is 4.90 Å². The Bertz CT molecular complexity index is 4130. The van der Waals surface area contributed by atoms with Crippen LogP contribution in [0, 0.1) is 0 Å². The van der Waals surface area contributed by atoms with E-state index in [1.165, 1.54) is 120 Å². The van der Waals surface area contributed by atoms with Crippen molar-refractivity contribution in [1.29, 1.82) is 0 Å². The van der Waals surface area contributed by atoms with Gasteiger partial charge in [-0.3, -0.25) is 0 Å². The largest absolute Gasteiger partial charge is 0.310 e. The number of anilines is 3. The summed E-state index contributed by atoms with van der Waals surface area (Å²) in [4.78, 5) is 2.52. The SMILES string of the molecule is c1ccc2c(c1)-c1ccccc1C21c2ccccc2-c2ccc(N(c3ccc(-c4ccc5c6ccccc6c6ccccc6c5c4)cc3)c3cccc4c5ccccc5c5ccccc5c34)cc21. The van der Waals surface area contributed by atoms with Gasteiger partial charge in [0.15, 0.2) is 0 Å². The average molecular weight is 860 g/mol. The zero-order chi connectivity index (χ0) is 44.5. The van der Waals surface area contributed by atoms with Crippen LogP contribution in [0.15, 0.2) is 249 Å². The van der Waals surface area contributed by atoms with Crippen molar-refractivity contribution in [3.63, 3.8) is 0 Å². The van der Waals surface area contributed by atoms with Gasteiger partial charge in [-0.2, -0.15) is 0 Å². The average Bonchev–Trinajstić information content (AvgIpc) is 3.88. The molecule has 0 N–H and O–H groups in total. The van der Waals surface area contributed by atoms with E-state index in [1.54, 1.807) is 0 Å². The van der Waals surface area contributed by atoms with Crippen molar-refractivity contribution < 1.29 is 0 Å². The van der Waals surface area contributed by atoms with E-state index in [9.17, 15) is 0 Å². The van der Waals surface area contributed by atoms with Crippen molar-refractivity contribution in [2.24, 2.45) is 0 Å². The van der Waals surface area contributed by atoms with Crippen LogP contribution < -0.4 is 4.90 Å². The molecule has 68 heavy (non-hydrogen) atoms. The minimum atomic E-state index is -0.460. The molecular weight excluding hydrogens is 819 g/mol. The molecule has 0 atom stereocenters. The molecule has 2 aliphatic carbocycles. The number of hydrogen-bond donors (Lipinski definition) is 0. The molecule has 13 aromatic carbocycles. The van der Waals surface area contributed by atoms with Crippen molar-refractivity contribution >= 4 is 81.7 Å². The summed E-state index contributed by atoms with van der Waals surface area (Å²) < 4.78 is 0. The number of fused-ring (bicyclic) bond motifs is 22. The van der Waals surface area contributed by atoms with Gasteiger partial charge in [0, 0.05) is 16.8 Å². The van der Waals surface area contributed by atoms with Crippen LogP contribution in [-0.4, -0.2) is 0 Å². The highest BCUT2D eigenvalue weighted by atomic mass is 15.1. The third kappa shape index (κ3) is 5.00. The van der Waals surface area contributed by atoms with Gasteiger partial charge in [0.05, 0.1) is 11.1 Å². The molecule has 13 aromatic rings. The molecule has 314 valence electrons. The number of rotatable bonds is 4. The van der Waals surface area contributed by atoms with Gasteiger partial charge in [-0.1, -0.05) is 212 Å². The zero-order valence-corrected chi connectivity index (χ0v) is 37.1. The summed E-state index contributed by atoms with van der Waals surface area (Å²) in [5.74, 6) is 0. The third-order valence-electron chi connectivity index (χ3n) is 15.4. The maximum absolute atomic E-state index is 2.52. The summed E-state index contributed by atoms with van der Waals surface area (Å²) in [6, 6.07) is 93.3. The highest BCUT2D eigenvalue weighted by Gasteiger charge is 2.51. The van der Waals surface area contributed by atoms with Gasteiger partial charge in [0.25, 0.3) is 0 Å². The Morgan fingerprint density at radius 3 is 1.15 bits per heavy atom. The Kier molecular flexibility index (Phi) is 7.77. The van der Waals surface area contributed by atoms with E-state index in [4.69, 9.17) is 0 Å². The quantitative estimate of drug-likeness (QED) is 0.159. The van der Waals surface area contributed by atoms with Gasteiger partial charge < -0.3 is 4.90 Å². The highest BCUT2D eigenvalue weighted by molar-refractivity contribution is 6.29. The van der Waals surface area contributed by atoms with Crippen LogP contribution in [0.4, 0.5) is 17.1 Å². The van der Waals surface area contributed by atoms with Crippen LogP contribution in [-0.2, 0) is 5.41 Å². The molecule has 0 amide bonds. The van der Waals surface area contributed by atoms with E-state index in [0.717, 1.165) is 17.1 Å². The van der Waals surface area contributed by atoms with Gasteiger partial charge >= 0.3 is 0 Å². The molecule has 0 aliphatic heterocycles. The molecule has 0 saturated carbocycles. The minimum absolute atomic E-state index is 0.460. The fraction of sp³-hybridized carbons (Fsp3) is 0.0149. The van der Waals surface area contributed by atoms with Crippen LogP contribution in [0.5, 0.6) is 0 Å². The first-order valence-corrected chi connectivity index (χ1v) is 23.8. The Morgan fingerprint density at radius 1 is 0.235 bits per heavy atom. The van der Waals surface area contributed by atoms with E-state index in [0.29, 0.717) is 0 Å². The molecule has 1 nitrogen and oxygen atoms in total. The second-order valence-corrected chi connectivity index (χ2v) is 18.6.